The molecule has 128 valence electrons. The molecular formula is C16H24ClN3O3. The second-order valence-corrected chi connectivity index (χ2v) is 5.57. The number of carbonyl (C=O) groups excluding carboxylic acids is 2. The van der Waals surface area contributed by atoms with Gasteiger partial charge in [0, 0.05) is 19.2 Å². The Balaban J connectivity index is 0.00000264. The molecule has 0 saturated carbocycles. The fraction of sp³-hybridized carbons (Fsp3) is 0.500. The first-order chi connectivity index (χ1) is 10.7. The van der Waals surface area contributed by atoms with E-state index in [9.17, 15) is 9.59 Å². The van der Waals surface area contributed by atoms with E-state index >= 15 is 0 Å². The summed E-state index contributed by atoms with van der Waals surface area (Å²) in [6, 6.07) is 8.84. The van der Waals surface area contributed by atoms with Crippen LogP contribution in [0, 0.1) is 0 Å². The Labute approximate surface area is 142 Å². The van der Waals surface area contributed by atoms with Crippen LogP contribution in [0.3, 0.4) is 0 Å². The summed E-state index contributed by atoms with van der Waals surface area (Å²) in [5.74, 6) is -0.449. The highest BCUT2D eigenvalue weighted by Gasteiger charge is 2.33. The third kappa shape index (κ3) is 5.82. The number of hydrogen-bond acceptors (Lipinski definition) is 4. The maximum absolute atomic E-state index is 11.9. The van der Waals surface area contributed by atoms with E-state index in [4.69, 9.17) is 4.74 Å². The molecule has 0 aliphatic carbocycles. The molecule has 1 atom stereocenters. The number of halogens is 1. The van der Waals surface area contributed by atoms with E-state index in [-0.39, 0.29) is 36.3 Å². The summed E-state index contributed by atoms with van der Waals surface area (Å²) in [5.41, 5.74) is 0.358. The van der Waals surface area contributed by atoms with E-state index in [0.717, 1.165) is 19.4 Å². The van der Waals surface area contributed by atoms with Crippen molar-refractivity contribution in [2.75, 3.05) is 33.4 Å². The normalized spacial score (nSPS) is 19.7. The van der Waals surface area contributed by atoms with E-state index < -0.39 is 0 Å². The molecule has 6 nitrogen and oxygen atoms in total. The monoisotopic (exact) mass is 341 g/mol. The molecule has 1 aliphatic rings. The Hall–Kier alpha value is -1.63. The van der Waals surface area contributed by atoms with Crippen LogP contribution >= 0.6 is 12.4 Å². The fourth-order valence-electron chi connectivity index (χ4n) is 2.65. The lowest BCUT2D eigenvalue weighted by molar-refractivity contribution is -0.120. The number of rotatable bonds is 7. The first-order valence-electron chi connectivity index (χ1n) is 7.49. The van der Waals surface area contributed by atoms with Gasteiger partial charge in [0.15, 0.2) is 0 Å². The quantitative estimate of drug-likeness (QED) is 0.683. The first kappa shape index (κ1) is 19.4. The standard InChI is InChI=1S/C16H23N3O3.ClH/c1-22-12-16(8-5-9-19-16)11-18-14(20)10-17-15(21)13-6-3-2-4-7-13;/h2-4,6-7,19H,5,8-12H2,1H3,(H,17,21)(H,18,20);1H. The van der Waals surface area contributed by atoms with Gasteiger partial charge in [0.05, 0.1) is 18.7 Å². The van der Waals surface area contributed by atoms with Crippen LogP contribution in [0.15, 0.2) is 30.3 Å². The zero-order valence-electron chi connectivity index (χ0n) is 13.3. The van der Waals surface area contributed by atoms with Gasteiger partial charge < -0.3 is 20.7 Å². The minimum Gasteiger partial charge on any atom is -0.383 e. The van der Waals surface area contributed by atoms with Gasteiger partial charge in [-0.15, -0.1) is 12.4 Å². The van der Waals surface area contributed by atoms with Crippen LogP contribution in [-0.2, 0) is 9.53 Å². The van der Waals surface area contributed by atoms with Gasteiger partial charge in [0.2, 0.25) is 5.91 Å². The molecule has 1 saturated heterocycles. The zero-order chi connectivity index (χ0) is 15.8. The van der Waals surface area contributed by atoms with Crippen LogP contribution in [0.4, 0.5) is 0 Å². The second-order valence-electron chi connectivity index (χ2n) is 5.57. The average Bonchev–Trinajstić information content (AvgIpc) is 3.01. The largest absolute Gasteiger partial charge is 0.383 e. The summed E-state index contributed by atoms with van der Waals surface area (Å²) in [4.78, 5) is 23.7. The molecule has 1 heterocycles. The lowest BCUT2D eigenvalue weighted by Crippen LogP contribution is -2.54. The highest BCUT2D eigenvalue weighted by molar-refractivity contribution is 5.96. The second kappa shape index (κ2) is 9.50. The lowest BCUT2D eigenvalue weighted by atomic mass is 9.98. The van der Waals surface area contributed by atoms with Gasteiger partial charge in [-0.05, 0) is 31.5 Å². The molecule has 1 fully saturated rings. The van der Waals surface area contributed by atoms with Crippen molar-refractivity contribution in [1.29, 1.82) is 0 Å². The number of methoxy groups -OCH3 is 1. The van der Waals surface area contributed by atoms with Gasteiger partial charge in [-0.2, -0.15) is 0 Å². The Bertz CT molecular complexity index is 505. The van der Waals surface area contributed by atoms with Crippen LogP contribution in [0.25, 0.3) is 0 Å². The molecule has 0 bridgehead atoms. The van der Waals surface area contributed by atoms with Crippen LogP contribution in [0.2, 0.25) is 0 Å². The van der Waals surface area contributed by atoms with Gasteiger partial charge in [0.1, 0.15) is 0 Å². The third-order valence-electron chi connectivity index (χ3n) is 3.82. The van der Waals surface area contributed by atoms with E-state index in [1.165, 1.54) is 0 Å². The van der Waals surface area contributed by atoms with E-state index in [1.54, 1.807) is 31.4 Å². The Morgan fingerprint density at radius 3 is 2.61 bits per heavy atom. The molecule has 2 rings (SSSR count). The van der Waals surface area contributed by atoms with Gasteiger partial charge in [-0.1, -0.05) is 18.2 Å². The molecular weight excluding hydrogens is 318 g/mol. The van der Waals surface area contributed by atoms with Gasteiger partial charge in [0.25, 0.3) is 5.91 Å². The molecule has 1 aromatic carbocycles. The highest BCUT2D eigenvalue weighted by atomic mass is 35.5. The smallest absolute Gasteiger partial charge is 0.251 e. The summed E-state index contributed by atoms with van der Waals surface area (Å²) in [7, 11) is 1.66. The van der Waals surface area contributed by atoms with Crippen molar-refractivity contribution < 1.29 is 14.3 Å². The summed E-state index contributed by atoms with van der Waals surface area (Å²) in [6.07, 6.45) is 2.04. The van der Waals surface area contributed by atoms with Crippen LogP contribution in [0.1, 0.15) is 23.2 Å². The topological polar surface area (TPSA) is 79.5 Å². The minimum atomic E-state index is -0.249. The van der Waals surface area contributed by atoms with Crippen molar-refractivity contribution in [2.45, 2.75) is 18.4 Å². The predicted octanol–water partition coefficient (Wildman–Crippen LogP) is 0.723. The van der Waals surface area contributed by atoms with Crippen LogP contribution in [0.5, 0.6) is 0 Å². The number of carbonyl (C=O) groups is 2. The third-order valence-corrected chi connectivity index (χ3v) is 3.82. The molecule has 0 spiro atoms. The number of hydrogen-bond donors (Lipinski definition) is 3. The average molecular weight is 342 g/mol. The maximum atomic E-state index is 11.9. The number of benzene rings is 1. The SMILES string of the molecule is COCC1(CNC(=O)CNC(=O)c2ccccc2)CCCN1.Cl. The fourth-order valence-corrected chi connectivity index (χ4v) is 2.65. The van der Waals surface area contributed by atoms with Gasteiger partial charge in [-0.25, -0.2) is 0 Å². The van der Waals surface area contributed by atoms with E-state index in [1.807, 2.05) is 6.07 Å². The Morgan fingerprint density at radius 1 is 1.26 bits per heavy atom. The molecule has 1 aliphatic heterocycles. The first-order valence-corrected chi connectivity index (χ1v) is 7.49. The van der Waals surface area contributed by atoms with Crippen molar-refractivity contribution in [3.05, 3.63) is 35.9 Å². The van der Waals surface area contributed by atoms with Crippen molar-refractivity contribution in [3.63, 3.8) is 0 Å². The Morgan fingerprint density at radius 2 is 2.00 bits per heavy atom. The van der Waals surface area contributed by atoms with Crippen molar-refractivity contribution in [2.24, 2.45) is 0 Å². The highest BCUT2D eigenvalue weighted by Crippen LogP contribution is 2.18. The molecule has 2 amide bonds. The molecule has 0 radical (unpaired) electrons. The molecule has 1 aromatic rings. The molecule has 23 heavy (non-hydrogen) atoms. The van der Waals surface area contributed by atoms with Crippen molar-refractivity contribution in [1.82, 2.24) is 16.0 Å². The lowest BCUT2D eigenvalue weighted by Gasteiger charge is -2.28. The number of ether oxygens (including phenoxy) is 1. The predicted molar refractivity (Wildman–Crippen MR) is 90.9 cm³/mol. The van der Waals surface area contributed by atoms with E-state index in [0.29, 0.717) is 18.7 Å². The van der Waals surface area contributed by atoms with Crippen LogP contribution < -0.4 is 16.0 Å². The summed E-state index contributed by atoms with van der Waals surface area (Å²) in [5, 5.41) is 8.87. The van der Waals surface area contributed by atoms with Crippen LogP contribution in [-0.4, -0.2) is 50.7 Å². The molecule has 7 heteroatoms. The Kier molecular flexibility index (Phi) is 8.02. The number of nitrogens with one attached hydrogen (secondary N) is 3. The van der Waals surface area contributed by atoms with Gasteiger partial charge in [-0.3, -0.25) is 9.59 Å². The summed E-state index contributed by atoms with van der Waals surface area (Å²) >= 11 is 0. The zero-order valence-corrected chi connectivity index (χ0v) is 14.1. The minimum absolute atomic E-state index is 0. The van der Waals surface area contributed by atoms with E-state index in [2.05, 4.69) is 16.0 Å². The van der Waals surface area contributed by atoms with Crippen molar-refractivity contribution >= 4 is 24.2 Å². The molecule has 1 unspecified atom stereocenters. The summed E-state index contributed by atoms with van der Waals surface area (Å²) < 4.78 is 5.23. The molecule has 3 N–H and O–H groups in total. The van der Waals surface area contributed by atoms with Crippen molar-refractivity contribution in [3.8, 4) is 0 Å². The van der Waals surface area contributed by atoms with Gasteiger partial charge >= 0.3 is 0 Å². The number of amides is 2. The molecule has 0 aromatic heterocycles. The summed E-state index contributed by atoms with van der Waals surface area (Å²) in [6.45, 7) is 1.96. The maximum Gasteiger partial charge on any atom is 0.251 e.